The number of nitrogens with zero attached hydrogens (tertiary/aromatic N) is 4. The summed E-state index contributed by atoms with van der Waals surface area (Å²) < 4.78 is 7.97. The van der Waals surface area contributed by atoms with E-state index in [1.165, 1.54) is 10.8 Å². The van der Waals surface area contributed by atoms with Crippen molar-refractivity contribution >= 4 is 11.4 Å². The number of carbonyl (C=O) groups excluding carboxylic acids is 1. The van der Waals surface area contributed by atoms with Crippen LogP contribution in [0.2, 0.25) is 0 Å². The Morgan fingerprint density at radius 2 is 1.87 bits per heavy atom. The van der Waals surface area contributed by atoms with Crippen molar-refractivity contribution in [2.75, 3.05) is 6.61 Å². The molecule has 30 heavy (non-hydrogen) atoms. The van der Waals surface area contributed by atoms with E-state index in [0.29, 0.717) is 24.4 Å². The van der Waals surface area contributed by atoms with Gasteiger partial charge in [0.25, 0.3) is 5.56 Å². The number of aromatic nitrogens is 4. The Labute approximate surface area is 172 Å². The zero-order chi connectivity index (χ0) is 20.9. The van der Waals surface area contributed by atoms with E-state index in [4.69, 9.17) is 4.74 Å². The Morgan fingerprint density at radius 1 is 1.10 bits per heavy atom. The van der Waals surface area contributed by atoms with Crippen molar-refractivity contribution in [1.82, 2.24) is 24.7 Å². The molecule has 0 saturated heterocycles. The lowest BCUT2D eigenvalue weighted by molar-refractivity contribution is -0.122. The molecule has 1 amide bonds. The highest BCUT2D eigenvalue weighted by molar-refractivity contribution is 5.75. The molecule has 0 unspecified atom stereocenters. The minimum atomic E-state index is -0.372. The van der Waals surface area contributed by atoms with Crippen LogP contribution in [0.5, 0.6) is 5.75 Å². The molecular formula is C22H21N5O3. The van der Waals surface area contributed by atoms with E-state index >= 15 is 0 Å². The Hall–Kier alpha value is -3.94. The maximum atomic E-state index is 12.7. The molecule has 4 aromatic rings. The molecule has 8 nitrogen and oxygen atoms in total. The first kappa shape index (κ1) is 19.4. The van der Waals surface area contributed by atoms with Gasteiger partial charge in [-0.3, -0.25) is 9.59 Å². The van der Waals surface area contributed by atoms with Crippen LogP contribution in [0, 0.1) is 0 Å². The van der Waals surface area contributed by atoms with Gasteiger partial charge in [-0.2, -0.15) is 10.2 Å². The highest BCUT2D eigenvalue weighted by atomic mass is 16.5. The van der Waals surface area contributed by atoms with Gasteiger partial charge in [0, 0.05) is 12.1 Å². The minimum absolute atomic E-state index is 0.168. The second-order valence-electron chi connectivity index (χ2n) is 6.67. The molecule has 0 radical (unpaired) electrons. The molecule has 2 aromatic heterocycles. The van der Waals surface area contributed by atoms with Crippen molar-refractivity contribution in [2.45, 2.75) is 20.0 Å². The van der Waals surface area contributed by atoms with Crippen LogP contribution < -0.4 is 15.6 Å². The molecule has 4 rings (SSSR count). The quantitative estimate of drug-likeness (QED) is 0.511. The SMILES string of the molecule is CCOc1ccc(CNC(=O)Cn2ncn3nc(-c4ccccc4)cc3c2=O)cc1. The molecule has 0 aliphatic rings. The highest BCUT2D eigenvalue weighted by Crippen LogP contribution is 2.17. The molecule has 0 aliphatic carbocycles. The van der Waals surface area contributed by atoms with E-state index in [0.717, 1.165) is 21.6 Å². The highest BCUT2D eigenvalue weighted by Gasteiger charge is 2.12. The van der Waals surface area contributed by atoms with Gasteiger partial charge in [-0.15, -0.1) is 0 Å². The number of nitrogens with one attached hydrogen (secondary N) is 1. The van der Waals surface area contributed by atoms with E-state index in [1.807, 2.05) is 61.5 Å². The van der Waals surface area contributed by atoms with Crippen LogP contribution in [0.3, 0.4) is 0 Å². The Morgan fingerprint density at radius 3 is 2.60 bits per heavy atom. The standard InChI is InChI=1S/C22H21N5O3/c1-2-30-18-10-8-16(9-11-18)13-23-21(28)14-26-22(29)20-12-19(25-27(20)15-24-26)17-6-4-3-5-7-17/h3-12,15H,2,13-14H2,1H3,(H,23,28). The van der Waals surface area contributed by atoms with Crippen molar-refractivity contribution in [3.8, 4) is 17.0 Å². The van der Waals surface area contributed by atoms with Gasteiger partial charge in [0.15, 0.2) is 0 Å². The second-order valence-corrected chi connectivity index (χ2v) is 6.67. The fourth-order valence-corrected chi connectivity index (χ4v) is 3.06. The van der Waals surface area contributed by atoms with Crippen LogP contribution >= 0.6 is 0 Å². The molecule has 0 aliphatic heterocycles. The maximum Gasteiger partial charge on any atom is 0.293 e. The number of rotatable bonds is 7. The van der Waals surface area contributed by atoms with Crippen molar-refractivity contribution < 1.29 is 9.53 Å². The van der Waals surface area contributed by atoms with E-state index in [9.17, 15) is 9.59 Å². The van der Waals surface area contributed by atoms with Crippen LogP contribution in [0.15, 0.2) is 71.8 Å². The van der Waals surface area contributed by atoms with Crippen LogP contribution in [0.4, 0.5) is 0 Å². The Balaban J connectivity index is 1.44. The van der Waals surface area contributed by atoms with E-state index in [1.54, 1.807) is 6.07 Å². The normalized spacial score (nSPS) is 10.8. The zero-order valence-corrected chi connectivity index (χ0v) is 16.5. The minimum Gasteiger partial charge on any atom is -0.494 e. The first-order valence-electron chi connectivity index (χ1n) is 9.63. The molecule has 0 spiro atoms. The summed E-state index contributed by atoms with van der Waals surface area (Å²) in [5.74, 6) is 0.484. The van der Waals surface area contributed by atoms with Gasteiger partial charge >= 0.3 is 0 Å². The molecule has 1 N–H and O–H groups in total. The third kappa shape index (κ3) is 4.22. The molecule has 8 heteroatoms. The van der Waals surface area contributed by atoms with Gasteiger partial charge in [0.05, 0.1) is 12.3 Å². The summed E-state index contributed by atoms with van der Waals surface area (Å²) in [6, 6.07) is 18.8. The average molecular weight is 403 g/mol. The number of hydrogen-bond donors (Lipinski definition) is 1. The lowest BCUT2D eigenvalue weighted by Crippen LogP contribution is -2.34. The molecule has 2 aromatic carbocycles. The third-order valence-electron chi connectivity index (χ3n) is 4.58. The van der Waals surface area contributed by atoms with Gasteiger partial charge in [-0.1, -0.05) is 42.5 Å². The summed E-state index contributed by atoms with van der Waals surface area (Å²) in [7, 11) is 0. The molecular weight excluding hydrogens is 382 g/mol. The molecule has 0 saturated carbocycles. The fourth-order valence-electron chi connectivity index (χ4n) is 3.06. The summed E-state index contributed by atoms with van der Waals surface area (Å²) in [6.07, 6.45) is 1.43. The van der Waals surface area contributed by atoms with Gasteiger partial charge in [0.2, 0.25) is 5.91 Å². The summed E-state index contributed by atoms with van der Waals surface area (Å²) in [5.41, 5.74) is 2.50. The summed E-state index contributed by atoms with van der Waals surface area (Å²) in [6.45, 7) is 2.71. The molecule has 0 atom stereocenters. The van der Waals surface area contributed by atoms with Gasteiger partial charge in [-0.25, -0.2) is 9.20 Å². The van der Waals surface area contributed by atoms with Crippen LogP contribution in [-0.4, -0.2) is 31.9 Å². The first-order valence-corrected chi connectivity index (χ1v) is 9.63. The largest absolute Gasteiger partial charge is 0.494 e. The first-order chi connectivity index (χ1) is 14.6. The van der Waals surface area contributed by atoms with Crippen LogP contribution in [0.1, 0.15) is 12.5 Å². The molecule has 0 bridgehead atoms. The maximum absolute atomic E-state index is 12.7. The molecule has 152 valence electrons. The van der Waals surface area contributed by atoms with Crippen molar-refractivity contribution in [1.29, 1.82) is 0 Å². The third-order valence-corrected chi connectivity index (χ3v) is 4.58. The van der Waals surface area contributed by atoms with Crippen molar-refractivity contribution in [3.63, 3.8) is 0 Å². The van der Waals surface area contributed by atoms with E-state index in [2.05, 4.69) is 15.5 Å². The number of ether oxygens (including phenoxy) is 1. The number of amides is 1. The number of fused-ring (bicyclic) bond motifs is 1. The monoisotopic (exact) mass is 403 g/mol. The van der Waals surface area contributed by atoms with E-state index in [-0.39, 0.29) is 18.0 Å². The Bertz CT molecular complexity index is 1210. The number of carbonyl (C=O) groups is 1. The number of benzene rings is 2. The lowest BCUT2D eigenvalue weighted by atomic mass is 10.1. The van der Waals surface area contributed by atoms with Crippen molar-refractivity contribution in [2.24, 2.45) is 0 Å². The predicted molar refractivity (Wildman–Crippen MR) is 112 cm³/mol. The second kappa shape index (κ2) is 8.60. The summed E-state index contributed by atoms with van der Waals surface area (Å²) in [5, 5.41) is 11.3. The van der Waals surface area contributed by atoms with E-state index < -0.39 is 0 Å². The Kier molecular flexibility index (Phi) is 5.56. The zero-order valence-electron chi connectivity index (χ0n) is 16.5. The van der Waals surface area contributed by atoms with Crippen LogP contribution in [0.25, 0.3) is 16.8 Å². The molecule has 2 heterocycles. The lowest BCUT2D eigenvalue weighted by Gasteiger charge is -2.08. The summed E-state index contributed by atoms with van der Waals surface area (Å²) >= 11 is 0. The van der Waals surface area contributed by atoms with Gasteiger partial charge < -0.3 is 10.1 Å². The van der Waals surface area contributed by atoms with Gasteiger partial charge in [-0.05, 0) is 30.7 Å². The van der Waals surface area contributed by atoms with Gasteiger partial charge in [0.1, 0.15) is 24.1 Å². The fraction of sp³-hybridized carbons (Fsp3) is 0.182. The topological polar surface area (TPSA) is 90.5 Å². The molecule has 0 fully saturated rings. The predicted octanol–water partition coefficient (Wildman–Crippen LogP) is 2.27. The smallest absolute Gasteiger partial charge is 0.293 e. The van der Waals surface area contributed by atoms with Crippen LogP contribution in [-0.2, 0) is 17.9 Å². The number of hydrogen-bond acceptors (Lipinski definition) is 5. The van der Waals surface area contributed by atoms with Crippen molar-refractivity contribution in [3.05, 3.63) is 82.9 Å². The average Bonchev–Trinajstić information content (AvgIpc) is 3.21. The summed E-state index contributed by atoms with van der Waals surface area (Å²) in [4.78, 5) is 25.0.